The van der Waals surface area contributed by atoms with E-state index in [-0.39, 0.29) is 5.91 Å². The molecular formula is C7H14N2O. The van der Waals surface area contributed by atoms with Crippen molar-refractivity contribution in [3.05, 3.63) is 0 Å². The fourth-order valence-electron chi connectivity index (χ4n) is 1.32. The van der Waals surface area contributed by atoms with Crippen LogP contribution in [0.25, 0.3) is 0 Å². The van der Waals surface area contributed by atoms with Crippen LogP contribution in [0, 0.1) is 5.92 Å². The maximum atomic E-state index is 10.8. The van der Waals surface area contributed by atoms with Gasteiger partial charge in [-0.15, -0.1) is 0 Å². The van der Waals surface area contributed by atoms with Crippen molar-refractivity contribution >= 4 is 5.91 Å². The maximum Gasteiger partial charge on any atom is 0.220 e. The zero-order valence-corrected chi connectivity index (χ0v) is 6.26. The average molecular weight is 142 g/mol. The Balaban J connectivity index is 2.10. The minimum atomic E-state index is 0.136. The van der Waals surface area contributed by atoms with E-state index in [0.29, 0.717) is 18.4 Å². The molecule has 58 valence electrons. The summed E-state index contributed by atoms with van der Waals surface area (Å²) in [6.07, 6.45) is 2.70. The van der Waals surface area contributed by atoms with Crippen molar-refractivity contribution in [3.8, 4) is 0 Å². The van der Waals surface area contributed by atoms with Crippen LogP contribution in [0.1, 0.15) is 19.3 Å². The van der Waals surface area contributed by atoms with E-state index in [1.54, 1.807) is 7.05 Å². The van der Waals surface area contributed by atoms with E-state index in [0.717, 1.165) is 12.8 Å². The lowest BCUT2D eigenvalue weighted by Gasteiger charge is -2.31. The molecule has 1 saturated carbocycles. The van der Waals surface area contributed by atoms with Gasteiger partial charge in [0.05, 0.1) is 0 Å². The molecule has 0 saturated heterocycles. The first kappa shape index (κ1) is 7.54. The molecule has 1 aliphatic rings. The van der Waals surface area contributed by atoms with Crippen LogP contribution in [-0.4, -0.2) is 19.0 Å². The molecule has 0 aromatic carbocycles. The summed E-state index contributed by atoms with van der Waals surface area (Å²) in [5.41, 5.74) is 5.55. The number of nitrogens with one attached hydrogen (secondary N) is 1. The highest BCUT2D eigenvalue weighted by Gasteiger charge is 2.27. The summed E-state index contributed by atoms with van der Waals surface area (Å²) < 4.78 is 0. The molecule has 3 nitrogen and oxygen atoms in total. The summed E-state index contributed by atoms with van der Waals surface area (Å²) in [4.78, 5) is 10.8. The molecule has 0 aliphatic heterocycles. The lowest BCUT2D eigenvalue weighted by atomic mass is 9.79. The molecule has 3 N–H and O–H groups in total. The fraction of sp³-hybridized carbons (Fsp3) is 0.857. The van der Waals surface area contributed by atoms with E-state index in [9.17, 15) is 4.79 Å². The third kappa shape index (κ3) is 1.70. The largest absolute Gasteiger partial charge is 0.359 e. The molecule has 0 heterocycles. The number of carbonyl (C=O) groups is 1. The van der Waals surface area contributed by atoms with Crippen molar-refractivity contribution in [1.82, 2.24) is 5.32 Å². The Morgan fingerprint density at radius 3 is 2.70 bits per heavy atom. The van der Waals surface area contributed by atoms with Gasteiger partial charge in [0.25, 0.3) is 0 Å². The Morgan fingerprint density at radius 1 is 1.70 bits per heavy atom. The third-order valence-electron chi connectivity index (χ3n) is 2.03. The van der Waals surface area contributed by atoms with Gasteiger partial charge >= 0.3 is 0 Å². The highest BCUT2D eigenvalue weighted by Crippen LogP contribution is 2.28. The van der Waals surface area contributed by atoms with Crippen LogP contribution in [-0.2, 0) is 4.79 Å². The molecule has 0 unspecified atom stereocenters. The Morgan fingerprint density at radius 2 is 2.30 bits per heavy atom. The van der Waals surface area contributed by atoms with Crippen LogP contribution in [0.4, 0.5) is 0 Å². The van der Waals surface area contributed by atoms with Crippen LogP contribution in [0.15, 0.2) is 0 Å². The van der Waals surface area contributed by atoms with Gasteiger partial charge < -0.3 is 11.1 Å². The fourth-order valence-corrected chi connectivity index (χ4v) is 1.32. The third-order valence-corrected chi connectivity index (χ3v) is 2.03. The second-order valence-electron chi connectivity index (χ2n) is 2.97. The lowest BCUT2D eigenvalue weighted by molar-refractivity contribution is -0.122. The van der Waals surface area contributed by atoms with Gasteiger partial charge in [0, 0.05) is 19.5 Å². The molecule has 0 atom stereocenters. The Kier molecular flexibility index (Phi) is 2.27. The van der Waals surface area contributed by atoms with Crippen LogP contribution in [0.5, 0.6) is 0 Å². The van der Waals surface area contributed by atoms with Crippen molar-refractivity contribution in [3.63, 3.8) is 0 Å². The van der Waals surface area contributed by atoms with Crippen molar-refractivity contribution in [2.75, 3.05) is 7.05 Å². The first-order chi connectivity index (χ1) is 4.72. The Labute approximate surface area is 61.0 Å². The molecule has 10 heavy (non-hydrogen) atoms. The molecule has 1 fully saturated rings. The number of amides is 1. The van der Waals surface area contributed by atoms with Gasteiger partial charge in [-0.1, -0.05) is 0 Å². The monoisotopic (exact) mass is 142 g/mol. The first-order valence-electron chi connectivity index (χ1n) is 3.68. The van der Waals surface area contributed by atoms with Gasteiger partial charge in [-0.05, 0) is 18.8 Å². The van der Waals surface area contributed by atoms with E-state index in [2.05, 4.69) is 5.32 Å². The summed E-state index contributed by atoms with van der Waals surface area (Å²) >= 11 is 0. The highest BCUT2D eigenvalue weighted by atomic mass is 16.1. The van der Waals surface area contributed by atoms with Crippen LogP contribution in [0.2, 0.25) is 0 Å². The van der Waals surface area contributed by atoms with E-state index >= 15 is 0 Å². The molecule has 3 heteroatoms. The van der Waals surface area contributed by atoms with E-state index < -0.39 is 0 Å². The van der Waals surface area contributed by atoms with Gasteiger partial charge in [0.1, 0.15) is 0 Å². The maximum absolute atomic E-state index is 10.8. The zero-order chi connectivity index (χ0) is 7.56. The smallest absolute Gasteiger partial charge is 0.220 e. The molecule has 0 spiro atoms. The molecule has 1 rings (SSSR count). The molecule has 0 aromatic heterocycles. The van der Waals surface area contributed by atoms with Crippen molar-refractivity contribution in [2.24, 2.45) is 11.7 Å². The van der Waals surface area contributed by atoms with Gasteiger partial charge in [-0.25, -0.2) is 0 Å². The minimum Gasteiger partial charge on any atom is -0.359 e. The zero-order valence-electron chi connectivity index (χ0n) is 6.26. The van der Waals surface area contributed by atoms with E-state index in [1.807, 2.05) is 0 Å². The number of hydrogen-bond acceptors (Lipinski definition) is 2. The average Bonchev–Trinajstić information content (AvgIpc) is 1.84. The van der Waals surface area contributed by atoms with Gasteiger partial charge in [-0.3, -0.25) is 4.79 Å². The quantitative estimate of drug-likeness (QED) is 0.564. The number of rotatable bonds is 2. The lowest BCUT2D eigenvalue weighted by Crippen LogP contribution is -2.38. The Hall–Kier alpha value is -0.570. The van der Waals surface area contributed by atoms with Crippen LogP contribution < -0.4 is 11.1 Å². The highest BCUT2D eigenvalue weighted by molar-refractivity contribution is 5.75. The normalized spacial score (nSPS) is 31.0. The molecule has 1 aliphatic carbocycles. The van der Waals surface area contributed by atoms with E-state index in [1.165, 1.54) is 0 Å². The van der Waals surface area contributed by atoms with Gasteiger partial charge in [0.15, 0.2) is 0 Å². The number of hydrogen-bond donors (Lipinski definition) is 2. The topological polar surface area (TPSA) is 55.1 Å². The predicted octanol–water partition coefficient (Wildman–Crippen LogP) is -0.140. The molecular weight excluding hydrogens is 128 g/mol. The van der Waals surface area contributed by atoms with Crippen molar-refractivity contribution in [2.45, 2.75) is 25.3 Å². The summed E-state index contributed by atoms with van der Waals surface area (Å²) in [5, 5.41) is 2.60. The van der Waals surface area contributed by atoms with Gasteiger partial charge in [-0.2, -0.15) is 0 Å². The van der Waals surface area contributed by atoms with Crippen molar-refractivity contribution < 1.29 is 4.79 Å². The number of carbonyl (C=O) groups excluding carboxylic acids is 1. The summed E-state index contributed by atoms with van der Waals surface area (Å²) in [6.45, 7) is 0. The molecule has 0 bridgehead atoms. The summed E-state index contributed by atoms with van der Waals surface area (Å²) in [5.74, 6) is 0.687. The van der Waals surface area contributed by atoms with Gasteiger partial charge in [0.2, 0.25) is 5.91 Å². The second kappa shape index (κ2) is 3.01. The SMILES string of the molecule is CNC(=O)CC1CC(N)C1. The van der Waals surface area contributed by atoms with E-state index in [4.69, 9.17) is 5.73 Å². The molecule has 1 amide bonds. The number of nitrogens with two attached hydrogens (primary N) is 1. The van der Waals surface area contributed by atoms with Crippen LogP contribution in [0.3, 0.4) is 0 Å². The second-order valence-corrected chi connectivity index (χ2v) is 2.97. The Bertz CT molecular complexity index is 130. The summed E-state index contributed by atoms with van der Waals surface area (Å²) in [7, 11) is 1.67. The standard InChI is InChI=1S/C7H14N2O/c1-9-7(10)4-5-2-6(8)3-5/h5-6H,2-4,8H2,1H3,(H,9,10). The van der Waals surface area contributed by atoms with Crippen molar-refractivity contribution in [1.29, 1.82) is 0 Å². The molecule has 0 aromatic rings. The van der Waals surface area contributed by atoms with Crippen LogP contribution >= 0.6 is 0 Å². The first-order valence-corrected chi connectivity index (χ1v) is 3.68. The molecule has 0 radical (unpaired) electrons. The minimum absolute atomic E-state index is 0.136. The summed E-state index contributed by atoms with van der Waals surface area (Å²) in [6, 6.07) is 0.356. The predicted molar refractivity (Wildman–Crippen MR) is 39.4 cm³/mol.